The molecule has 8 nitrogen and oxygen atoms in total. The molecule has 3 N–H and O–H groups in total. The van der Waals surface area contributed by atoms with Crippen LogP contribution in [0, 0.1) is 5.92 Å². The van der Waals surface area contributed by atoms with Crippen LogP contribution in [0.25, 0.3) is 0 Å². The summed E-state index contributed by atoms with van der Waals surface area (Å²) in [5, 5.41) is 14.2. The molecule has 0 radical (unpaired) electrons. The number of urea groups is 1. The molecule has 0 aliphatic heterocycles. The lowest BCUT2D eigenvalue weighted by Gasteiger charge is -2.24. The first-order valence-electron chi connectivity index (χ1n) is 10.3. The molecule has 0 fully saturated rings. The summed E-state index contributed by atoms with van der Waals surface area (Å²) >= 11 is 0. The van der Waals surface area contributed by atoms with Crippen LogP contribution in [0.5, 0.6) is 0 Å². The molecule has 0 saturated heterocycles. The Morgan fingerprint density at radius 1 is 1.27 bits per heavy atom. The van der Waals surface area contributed by atoms with Crippen molar-refractivity contribution in [3.63, 3.8) is 0 Å². The van der Waals surface area contributed by atoms with Gasteiger partial charge in [-0.25, -0.2) is 4.79 Å². The van der Waals surface area contributed by atoms with E-state index in [-0.39, 0.29) is 24.5 Å². The summed E-state index contributed by atoms with van der Waals surface area (Å²) < 4.78 is 5.58. The third-order valence-corrected chi connectivity index (χ3v) is 4.27. The Morgan fingerprint density at radius 3 is 2.63 bits per heavy atom. The van der Waals surface area contributed by atoms with Gasteiger partial charge in [-0.1, -0.05) is 12.1 Å². The van der Waals surface area contributed by atoms with E-state index in [4.69, 9.17) is 9.84 Å². The molecule has 0 spiro atoms. The lowest BCUT2D eigenvalue weighted by atomic mass is 9.94. The number of esters is 1. The standard InChI is InChI=1S/C22H35N3O5/c1-22(2,3)30-20(28)18(9-6-12-25(4)16-27)14-17-8-5-10-19(15-17)24-21(29)23-11-7-13-26/h5,8,10,15-16,18,26H,6-7,9,11-14H2,1-4H3,(H2,23,24,29). The normalized spacial score (nSPS) is 12.0. The number of carbonyl (C=O) groups excluding carboxylic acids is 3. The second-order valence-corrected chi connectivity index (χ2v) is 8.32. The van der Waals surface area contributed by atoms with Crippen LogP contribution < -0.4 is 10.6 Å². The highest BCUT2D eigenvalue weighted by molar-refractivity contribution is 5.89. The van der Waals surface area contributed by atoms with Crippen molar-refractivity contribution in [1.29, 1.82) is 0 Å². The molecular formula is C22H35N3O5. The zero-order chi connectivity index (χ0) is 22.6. The maximum atomic E-state index is 12.7. The molecular weight excluding hydrogens is 386 g/mol. The average molecular weight is 422 g/mol. The molecule has 1 unspecified atom stereocenters. The van der Waals surface area contributed by atoms with Crippen molar-refractivity contribution in [2.75, 3.05) is 32.1 Å². The molecule has 1 aromatic carbocycles. The summed E-state index contributed by atoms with van der Waals surface area (Å²) in [5.74, 6) is -0.616. The minimum atomic E-state index is -0.578. The van der Waals surface area contributed by atoms with Crippen molar-refractivity contribution < 1.29 is 24.2 Å². The van der Waals surface area contributed by atoms with Crippen LogP contribution in [0.1, 0.15) is 45.6 Å². The highest BCUT2D eigenvalue weighted by Gasteiger charge is 2.25. The fourth-order valence-corrected chi connectivity index (χ4v) is 2.84. The van der Waals surface area contributed by atoms with Gasteiger partial charge in [0.05, 0.1) is 5.92 Å². The molecule has 168 valence electrons. The monoisotopic (exact) mass is 421 g/mol. The number of rotatable bonds is 12. The van der Waals surface area contributed by atoms with Crippen LogP contribution in [0.4, 0.5) is 10.5 Å². The number of aliphatic hydroxyl groups is 1. The van der Waals surface area contributed by atoms with Crippen LogP contribution in [0.2, 0.25) is 0 Å². The van der Waals surface area contributed by atoms with Gasteiger partial charge in [0.25, 0.3) is 0 Å². The smallest absolute Gasteiger partial charge is 0.319 e. The van der Waals surface area contributed by atoms with Crippen molar-refractivity contribution in [3.05, 3.63) is 29.8 Å². The van der Waals surface area contributed by atoms with E-state index >= 15 is 0 Å². The summed E-state index contributed by atoms with van der Waals surface area (Å²) in [4.78, 5) is 37.0. The van der Waals surface area contributed by atoms with Crippen LogP contribution in [-0.4, -0.2) is 60.8 Å². The van der Waals surface area contributed by atoms with E-state index in [2.05, 4.69) is 10.6 Å². The zero-order valence-electron chi connectivity index (χ0n) is 18.4. The summed E-state index contributed by atoms with van der Waals surface area (Å²) in [5.41, 5.74) is 0.950. The maximum absolute atomic E-state index is 12.7. The summed E-state index contributed by atoms with van der Waals surface area (Å²) in [6.45, 7) is 6.48. The average Bonchev–Trinajstić information content (AvgIpc) is 2.66. The van der Waals surface area contributed by atoms with Gasteiger partial charge in [-0.3, -0.25) is 9.59 Å². The molecule has 1 atom stereocenters. The van der Waals surface area contributed by atoms with Crippen molar-refractivity contribution in [2.24, 2.45) is 5.92 Å². The number of aliphatic hydroxyl groups excluding tert-OH is 1. The number of carbonyl (C=O) groups is 3. The molecule has 1 aromatic rings. The van der Waals surface area contributed by atoms with Gasteiger partial charge in [0.2, 0.25) is 6.41 Å². The number of hydrogen-bond donors (Lipinski definition) is 3. The molecule has 8 heteroatoms. The number of anilines is 1. The molecule has 0 aliphatic carbocycles. The van der Waals surface area contributed by atoms with Gasteiger partial charge in [-0.2, -0.15) is 0 Å². The summed E-state index contributed by atoms with van der Waals surface area (Å²) in [6, 6.07) is 6.99. The number of nitrogens with zero attached hydrogens (tertiary/aromatic N) is 1. The fourth-order valence-electron chi connectivity index (χ4n) is 2.84. The van der Waals surface area contributed by atoms with Crippen molar-refractivity contribution in [2.45, 2.75) is 52.1 Å². The van der Waals surface area contributed by atoms with Gasteiger partial charge in [-0.05, 0) is 64.2 Å². The highest BCUT2D eigenvalue weighted by atomic mass is 16.6. The largest absolute Gasteiger partial charge is 0.460 e. The van der Waals surface area contributed by atoms with Crippen LogP contribution >= 0.6 is 0 Å². The Morgan fingerprint density at radius 2 is 2.00 bits per heavy atom. The van der Waals surface area contributed by atoms with Gasteiger partial charge < -0.3 is 25.4 Å². The highest BCUT2D eigenvalue weighted by Crippen LogP contribution is 2.21. The second kappa shape index (κ2) is 12.8. The van der Waals surface area contributed by atoms with E-state index in [1.165, 1.54) is 0 Å². The number of nitrogens with one attached hydrogen (secondary N) is 2. The SMILES string of the molecule is CN(C=O)CCCC(Cc1cccc(NC(=O)NCCCO)c1)C(=O)OC(C)(C)C. The molecule has 3 amide bonds. The molecule has 30 heavy (non-hydrogen) atoms. The van der Waals surface area contributed by atoms with Crippen molar-refractivity contribution >= 4 is 24.1 Å². The second-order valence-electron chi connectivity index (χ2n) is 8.32. The van der Waals surface area contributed by atoms with Crippen molar-refractivity contribution in [1.82, 2.24) is 10.2 Å². The first kappa shape index (κ1) is 25.4. The van der Waals surface area contributed by atoms with E-state index in [1.54, 1.807) is 18.0 Å². The summed E-state index contributed by atoms with van der Waals surface area (Å²) in [7, 11) is 1.70. The van der Waals surface area contributed by atoms with E-state index in [0.29, 0.717) is 44.5 Å². The Balaban J connectivity index is 2.79. The summed E-state index contributed by atoms with van der Waals surface area (Å²) in [6.07, 6.45) is 3.01. The number of ether oxygens (including phenoxy) is 1. The van der Waals surface area contributed by atoms with Gasteiger partial charge in [-0.15, -0.1) is 0 Å². The lowest BCUT2D eigenvalue weighted by Crippen LogP contribution is -2.31. The third-order valence-electron chi connectivity index (χ3n) is 4.27. The van der Waals surface area contributed by atoms with E-state index in [1.807, 2.05) is 39.0 Å². The number of amides is 3. The number of hydrogen-bond acceptors (Lipinski definition) is 5. The van der Waals surface area contributed by atoms with Crippen LogP contribution in [0.3, 0.4) is 0 Å². The Bertz CT molecular complexity index is 688. The first-order valence-corrected chi connectivity index (χ1v) is 10.3. The first-order chi connectivity index (χ1) is 14.1. The Labute approximate surface area is 179 Å². The van der Waals surface area contributed by atoms with Gasteiger partial charge in [0.15, 0.2) is 0 Å². The fraction of sp³-hybridized carbons (Fsp3) is 0.591. The minimum absolute atomic E-state index is 0.0183. The molecule has 0 saturated carbocycles. The van der Waals surface area contributed by atoms with E-state index in [0.717, 1.165) is 12.0 Å². The zero-order valence-corrected chi connectivity index (χ0v) is 18.4. The Kier molecular flexibility index (Phi) is 10.9. The third kappa shape index (κ3) is 10.8. The predicted molar refractivity (Wildman–Crippen MR) is 116 cm³/mol. The molecule has 0 aliphatic rings. The predicted octanol–water partition coefficient (Wildman–Crippen LogP) is 2.56. The Hall–Kier alpha value is -2.61. The van der Waals surface area contributed by atoms with Crippen LogP contribution in [-0.2, 0) is 20.7 Å². The quantitative estimate of drug-likeness (QED) is 0.273. The molecule has 0 heterocycles. The number of benzene rings is 1. The molecule has 1 rings (SSSR count). The van der Waals surface area contributed by atoms with Gasteiger partial charge in [0, 0.05) is 32.4 Å². The van der Waals surface area contributed by atoms with Crippen LogP contribution in [0.15, 0.2) is 24.3 Å². The molecule has 0 bridgehead atoms. The lowest BCUT2D eigenvalue weighted by molar-refractivity contribution is -0.160. The van der Waals surface area contributed by atoms with E-state index in [9.17, 15) is 14.4 Å². The maximum Gasteiger partial charge on any atom is 0.319 e. The van der Waals surface area contributed by atoms with E-state index < -0.39 is 5.60 Å². The van der Waals surface area contributed by atoms with Crippen molar-refractivity contribution in [3.8, 4) is 0 Å². The van der Waals surface area contributed by atoms with Gasteiger partial charge in [0.1, 0.15) is 5.60 Å². The topological polar surface area (TPSA) is 108 Å². The minimum Gasteiger partial charge on any atom is -0.460 e. The van der Waals surface area contributed by atoms with Gasteiger partial charge >= 0.3 is 12.0 Å². The molecule has 0 aromatic heterocycles.